The van der Waals surface area contributed by atoms with Crippen LogP contribution in [0.4, 0.5) is 0 Å². The molecule has 112 valence electrons. The molecule has 0 radical (unpaired) electrons. The highest BCUT2D eigenvalue weighted by Crippen LogP contribution is 2.35. The zero-order valence-electron chi connectivity index (χ0n) is 11.4. The second-order valence-electron chi connectivity index (χ2n) is 4.24. The summed E-state index contributed by atoms with van der Waals surface area (Å²) in [4.78, 5) is 43.9. The first-order valence-electron chi connectivity index (χ1n) is 6.43. The lowest BCUT2D eigenvalue weighted by Crippen LogP contribution is -2.35. The Hall–Kier alpha value is -1.54. The number of amides is 2. The average Bonchev–Trinajstić information content (AvgIpc) is 2.81. The minimum Gasteiger partial charge on any atom is -0.329 e. The molecule has 0 spiro atoms. The van der Waals surface area contributed by atoms with E-state index in [1.54, 1.807) is 6.20 Å². The number of hydroxylamine groups is 2. The molecule has 1 saturated heterocycles. The average molecular weight is 326 g/mol. The van der Waals surface area contributed by atoms with Crippen LogP contribution in [0.25, 0.3) is 0 Å². The summed E-state index contributed by atoms with van der Waals surface area (Å²) in [7, 11) is 2.66. The Morgan fingerprint density at radius 3 is 2.67 bits per heavy atom. The van der Waals surface area contributed by atoms with E-state index in [2.05, 4.69) is 4.98 Å². The van der Waals surface area contributed by atoms with E-state index in [4.69, 9.17) is 4.84 Å². The van der Waals surface area contributed by atoms with Crippen LogP contribution in [0, 0.1) is 0 Å². The van der Waals surface area contributed by atoms with Gasteiger partial charge in [-0.3, -0.25) is 9.59 Å². The largest absolute Gasteiger partial charge is 0.346 e. The van der Waals surface area contributed by atoms with Crippen LogP contribution >= 0.6 is 21.6 Å². The van der Waals surface area contributed by atoms with Gasteiger partial charge in [-0.05, 0) is 29.3 Å². The van der Waals surface area contributed by atoms with Crippen molar-refractivity contribution in [1.29, 1.82) is 0 Å². The molecule has 2 heterocycles. The fourth-order valence-electron chi connectivity index (χ4n) is 1.58. The van der Waals surface area contributed by atoms with Crippen molar-refractivity contribution in [2.24, 2.45) is 0 Å². The summed E-state index contributed by atoms with van der Waals surface area (Å²) < 4.78 is 0. The number of imide groups is 1. The molecule has 1 aromatic rings. The van der Waals surface area contributed by atoms with Crippen molar-refractivity contribution in [3.8, 4) is 0 Å². The maximum absolute atomic E-state index is 12.0. The van der Waals surface area contributed by atoms with Gasteiger partial charge in [0, 0.05) is 19.0 Å². The molecule has 6 nitrogen and oxygen atoms in total. The molecule has 1 aliphatic heterocycles. The minimum atomic E-state index is -0.588. The summed E-state index contributed by atoms with van der Waals surface area (Å²) in [5, 5.41) is 0.886. The Morgan fingerprint density at radius 2 is 2.10 bits per heavy atom. The van der Waals surface area contributed by atoms with Crippen molar-refractivity contribution in [3.05, 3.63) is 24.4 Å². The van der Waals surface area contributed by atoms with Gasteiger partial charge in [-0.1, -0.05) is 23.8 Å². The quantitative estimate of drug-likeness (QED) is 0.586. The maximum atomic E-state index is 12.0. The Labute approximate surface area is 130 Å². The molecule has 8 heteroatoms. The lowest BCUT2D eigenvalue weighted by Gasteiger charge is -2.17. The highest BCUT2D eigenvalue weighted by Gasteiger charge is 2.34. The van der Waals surface area contributed by atoms with Crippen LogP contribution in [0.15, 0.2) is 29.4 Å². The minimum absolute atomic E-state index is 0.0960. The highest BCUT2D eigenvalue weighted by atomic mass is 33.1. The first-order chi connectivity index (χ1) is 10.1. The number of pyridine rings is 1. The summed E-state index contributed by atoms with van der Waals surface area (Å²) in [6.07, 6.45) is 2.39. The smallest absolute Gasteiger partial charge is 0.329 e. The normalized spacial score (nSPS) is 16.1. The molecule has 1 aliphatic rings. The molecule has 0 N–H and O–H groups in total. The van der Waals surface area contributed by atoms with Gasteiger partial charge in [0.1, 0.15) is 10.3 Å². The molecule has 2 amide bonds. The molecule has 1 fully saturated rings. The zero-order chi connectivity index (χ0) is 15.2. The van der Waals surface area contributed by atoms with Gasteiger partial charge in [0.15, 0.2) is 0 Å². The Morgan fingerprint density at radius 1 is 1.38 bits per heavy atom. The van der Waals surface area contributed by atoms with E-state index in [9.17, 15) is 14.4 Å². The fraction of sp³-hybridized carbons (Fsp3) is 0.385. The second-order valence-corrected chi connectivity index (χ2v) is 6.66. The molecule has 2 rings (SSSR count). The number of carbonyl (C=O) groups excluding carboxylic acids is 3. The predicted octanol–water partition coefficient (Wildman–Crippen LogP) is 2.21. The number of nitrogens with zero attached hydrogens (tertiary/aromatic N) is 2. The first-order valence-corrected chi connectivity index (χ1v) is 8.65. The van der Waals surface area contributed by atoms with E-state index in [-0.39, 0.29) is 12.8 Å². The highest BCUT2D eigenvalue weighted by molar-refractivity contribution is 8.77. The molecule has 1 atom stereocenters. The summed E-state index contributed by atoms with van der Waals surface area (Å²) in [6.45, 7) is 1.84. The van der Waals surface area contributed by atoms with E-state index in [0.717, 1.165) is 5.03 Å². The monoisotopic (exact) mass is 326 g/mol. The predicted molar refractivity (Wildman–Crippen MR) is 78.9 cm³/mol. The van der Waals surface area contributed by atoms with Gasteiger partial charge in [0.05, 0.1) is 0 Å². The maximum Gasteiger partial charge on any atom is 0.346 e. The molecule has 0 aliphatic carbocycles. The third-order valence-corrected chi connectivity index (χ3v) is 5.47. The summed E-state index contributed by atoms with van der Waals surface area (Å²) in [6, 6.07) is 5.50. The third kappa shape index (κ3) is 4.21. The van der Waals surface area contributed by atoms with Gasteiger partial charge in [-0.15, -0.1) is 5.06 Å². The van der Waals surface area contributed by atoms with E-state index >= 15 is 0 Å². The van der Waals surface area contributed by atoms with E-state index in [0.29, 0.717) is 11.5 Å². The van der Waals surface area contributed by atoms with Gasteiger partial charge < -0.3 is 4.84 Å². The van der Waals surface area contributed by atoms with Crippen molar-refractivity contribution in [3.63, 3.8) is 0 Å². The van der Waals surface area contributed by atoms with Crippen molar-refractivity contribution in [2.75, 3.05) is 0 Å². The van der Waals surface area contributed by atoms with Crippen LogP contribution in [-0.2, 0) is 19.2 Å². The number of carbonyl (C=O) groups is 3. The Balaban J connectivity index is 1.89. The number of hydrogen-bond donors (Lipinski definition) is 0. The van der Waals surface area contributed by atoms with E-state index < -0.39 is 23.0 Å². The SMILES string of the molecule is CCC(SSc1ccccn1)C(=O)ON1C(=O)CCC1=O. The van der Waals surface area contributed by atoms with Crippen molar-refractivity contribution in [2.45, 2.75) is 36.5 Å². The van der Waals surface area contributed by atoms with Gasteiger partial charge in [0.25, 0.3) is 11.8 Å². The summed E-state index contributed by atoms with van der Waals surface area (Å²) in [5.41, 5.74) is 0. The van der Waals surface area contributed by atoms with Crippen molar-refractivity contribution >= 4 is 39.4 Å². The number of rotatable bonds is 6. The van der Waals surface area contributed by atoms with Crippen LogP contribution < -0.4 is 0 Å². The van der Waals surface area contributed by atoms with Crippen LogP contribution in [-0.4, -0.2) is 33.1 Å². The zero-order valence-corrected chi connectivity index (χ0v) is 13.0. The van der Waals surface area contributed by atoms with Crippen LogP contribution in [0.1, 0.15) is 26.2 Å². The lowest BCUT2D eigenvalue weighted by molar-refractivity contribution is -0.197. The third-order valence-electron chi connectivity index (χ3n) is 2.71. The number of aromatic nitrogens is 1. The fourth-order valence-corrected chi connectivity index (χ4v) is 3.88. The molecule has 1 unspecified atom stereocenters. The second kappa shape index (κ2) is 7.46. The molecule has 0 bridgehead atoms. The van der Waals surface area contributed by atoms with Crippen molar-refractivity contribution in [1.82, 2.24) is 10.0 Å². The molecule has 21 heavy (non-hydrogen) atoms. The van der Waals surface area contributed by atoms with E-state index in [1.807, 2.05) is 25.1 Å². The molecule has 0 saturated carbocycles. The van der Waals surface area contributed by atoms with Gasteiger partial charge in [-0.2, -0.15) is 0 Å². The Bertz CT molecular complexity index is 522. The first kappa shape index (κ1) is 15.8. The summed E-state index contributed by atoms with van der Waals surface area (Å²) in [5.74, 6) is -1.52. The van der Waals surface area contributed by atoms with Crippen LogP contribution in [0.5, 0.6) is 0 Å². The molecular formula is C13H14N2O4S2. The topological polar surface area (TPSA) is 76.6 Å². The molecular weight excluding hydrogens is 312 g/mol. The van der Waals surface area contributed by atoms with Gasteiger partial charge >= 0.3 is 5.97 Å². The van der Waals surface area contributed by atoms with Gasteiger partial charge in [-0.25, -0.2) is 9.78 Å². The lowest BCUT2D eigenvalue weighted by atomic mass is 10.3. The summed E-state index contributed by atoms with van der Waals surface area (Å²) >= 11 is 0. The van der Waals surface area contributed by atoms with E-state index in [1.165, 1.54) is 21.6 Å². The standard InChI is InChI=1S/C13H14N2O4S2/c1-2-9(20-21-10-5-3-4-8-14-10)13(18)19-15-11(16)6-7-12(15)17/h3-5,8-9H,2,6-7H2,1H3. The Kier molecular flexibility index (Phi) is 5.63. The molecule has 1 aromatic heterocycles. The van der Waals surface area contributed by atoms with Crippen molar-refractivity contribution < 1.29 is 19.2 Å². The molecule has 0 aromatic carbocycles. The van der Waals surface area contributed by atoms with Gasteiger partial charge in [0.2, 0.25) is 0 Å². The van der Waals surface area contributed by atoms with Crippen LogP contribution in [0.2, 0.25) is 0 Å². The number of hydrogen-bond acceptors (Lipinski definition) is 7. The van der Waals surface area contributed by atoms with Crippen LogP contribution in [0.3, 0.4) is 0 Å².